The summed E-state index contributed by atoms with van der Waals surface area (Å²) < 4.78 is 0. The zero-order chi connectivity index (χ0) is 16.2. The first-order valence-electron chi connectivity index (χ1n) is 9.12. The third-order valence-corrected chi connectivity index (χ3v) is 5.07. The summed E-state index contributed by atoms with van der Waals surface area (Å²) in [6.07, 6.45) is 11.5. The molecule has 3 aromatic rings. The van der Waals surface area contributed by atoms with Gasteiger partial charge in [0.2, 0.25) is 0 Å². The minimum atomic E-state index is 0.881. The smallest absolute Gasteiger partial charge is 0.0459 e. The molecule has 1 aromatic carbocycles. The second-order valence-corrected chi connectivity index (χ2v) is 6.84. The Morgan fingerprint density at radius 2 is 1.67 bits per heavy atom. The van der Waals surface area contributed by atoms with Crippen LogP contribution in [0.3, 0.4) is 0 Å². The number of hydrogen-bond acceptors (Lipinski definition) is 2. The topological polar surface area (TPSA) is 40.7 Å². The molecule has 0 aliphatic heterocycles. The Bertz CT molecular complexity index is 805. The molecule has 0 bridgehead atoms. The molecule has 1 aliphatic rings. The molecule has 0 spiro atoms. The number of H-pyrrole nitrogens is 1. The summed E-state index contributed by atoms with van der Waals surface area (Å²) in [4.78, 5) is 7.73. The summed E-state index contributed by atoms with van der Waals surface area (Å²) in [7, 11) is 0. The predicted molar refractivity (Wildman–Crippen MR) is 99.0 cm³/mol. The van der Waals surface area contributed by atoms with E-state index in [1.807, 2.05) is 12.4 Å². The lowest BCUT2D eigenvalue weighted by molar-refractivity contribution is 0.614. The Labute approximate surface area is 143 Å². The number of benzene rings is 1. The molecule has 0 radical (unpaired) electrons. The fraction of sp³-hybridized carbons (Fsp3) is 0.381. The van der Waals surface area contributed by atoms with Crippen molar-refractivity contribution in [3.63, 3.8) is 0 Å². The van der Waals surface area contributed by atoms with E-state index >= 15 is 0 Å². The van der Waals surface area contributed by atoms with Gasteiger partial charge in [0.1, 0.15) is 0 Å². The van der Waals surface area contributed by atoms with Crippen molar-refractivity contribution in [3.8, 4) is 0 Å². The van der Waals surface area contributed by atoms with Crippen LogP contribution in [0.2, 0.25) is 0 Å². The maximum absolute atomic E-state index is 4.06. The van der Waals surface area contributed by atoms with E-state index in [0.29, 0.717) is 0 Å². The molecule has 3 heteroatoms. The van der Waals surface area contributed by atoms with E-state index in [1.165, 1.54) is 66.2 Å². The van der Waals surface area contributed by atoms with E-state index in [9.17, 15) is 0 Å². The number of hydrogen-bond donors (Lipinski definition) is 2. The molecule has 0 saturated carbocycles. The molecule has 2 aromatic heterocycles. The van der Waals surface area contributed by atoms with Crippen LogP contribution in [0, 0.1) is 0 Å². The largest absolute Gasteiger partial charge is 0.358 e. The first-order valence-corrected chi connectivity index (χ1v) is 9.12. The van der Waals surface area contributed by atoms with Crippen LogP contribution in [0.4, 0.5) is 0 Å². The van der Waals surface area contributed by atoms with Gasteiger partial charge in [-0.25, -0.2) is 0 Å². The van der Waals surface area contributed by atoms with E-state index in [4.69, 9.17) is 0 Å². The summed E-state index contributed by atoms with van der Waals surface area (Å²) >= 11 is 0. The number of aryl methyl sites for hydroxylation is 2. The van der Waals surface area contributed by atoms with Crippen LogP contribution in [0.1, 0.15) is 48.1 Å². The van der Waals surface area contributed by atoms with Crippen LogP contribution < -0.4 is 5.32 Å². The van der Waals surface area contributed by atoms with Gasteiger partial charge in [-0.2, -0.15) is 0 Å². The summed E-state index contributed by atoms with van der Waals surface area (Å²) in [5.74, 6) is 0. The normalized spacial score (nSPS) is 15.0. The Morgan fingerprint density at radius 1 is 0.875 bits per heavy atom. The van der Waals surface area contributed by atoms with Gasteiger partial charge in [0.15, 0.2) is 0 Å². The van der Waals surface area contributed by atoms with Crippen LogP contribution in [0.5, 0.6) is 0 Å². The maximum atomic E-state index is 4.06. The number of fused-ring (bicyclic) bond motifs is 3. The van der Waals surface area contributed by atoms with Crippen molar-refractivity contribution in [2.24, 2.45) is 0 Å². The second-order valence-electron chi connectivity index (χ2n) is 6.84. The summed E-state index contributed by atoms with van der Waals surface area (Å²) in [5.41, 5.74) is 6.99. The quantitative estimate of drug-likeness (QED) is 0.743. The average Bonchev–Trinajstić information content (AvgIpc) is 2.92. The zero-order valence-corrected chi connectivity index (χ0v) is 14.1. The highest BCUT2D eigenvalue weighted by molar-refractivity contribution is 5.85. The summed E-state index contributed by atoms with van der Waals surface area (Å²) in [5, 5.41) is 4.98. The van der Waals surface area contributed by atoms with Gasteiger partial charge in [0, 0.05) is 42.1 Å². The Kier molecular flexibility index (Phi) is 4.61. The third kappa shape index (κ3) is 3.36. The van der Waals surface area contributed by atoms with E-state index in [2.05, 4.69) is 45.6 Å². The fourth-order valence-electron chi connectivity index (χ4n) is 3.77. The lowest BCUT2D eigenvalue weighted by Crippen LogP contribution is -2.12. The number of aromatic nitrogens is 2. The molecule has 4 rings (SSSR count). The van der Waals surface area contributed by atoms with Crippen molar-refractivity contribution in [2.45, 2.75) is 51.6 Å². The van der Waals surface area contributed by atoms with E-state index in [-0.39, 0.29) is 0 Å². The predicted octanol–water partition coefficient (Wildman–Crippen LogP) is 4.51. The molecule has 2 N–H and O–H groups in total. The van der Waals surface area contributed by atoms with Crippen LogP contribution in [0.25, 0.3) is 10.9 Å². The van der Waals surface area contributed by atoms with Crippen LogP contribution in [-0.2, 0) is 25.9 Å². The highest BCUT2D eigenvalue weighted by Gasteiger charge is 2.13. The van der Waals surface area contributed by atoms with Crippen molar-refractivity contribution in [2.75, 3.05) is 0 Å². The average molecular weight is 319 g/mol. The van der Waals surface area contributed by atoms with Gasteiger partial charge in [0.05, 0.1) is 0 Å². The number of aromatic amines is 1. The maximum Gasteiger partial charge on any atom is 0.0459 e. The molecule has 124 valence electrons. The van der Waals surface area contributed by atoms with Crippen molar-refractivity contribution < 1.29 is 0 Å². The van der Waals surface area contributed by atoms with Crippen LogP contribution >= 0.6 is 0 Å². The Balaban J connectivity index is 1.51. The zero-order valence-electron chi connectivity index (χ0n) is 14.1. The molecule has 3 nitrogen and oxygen atoms in total. The highest BCUT2D eigenvalue weighted by atomic mass is 14.8. The minimum Gasteiger partial charge on any atom is -0.358 e. The van der Waals surface area contributed by atoms with Gasteiger partial charge in [-0.3, -0.25) is 4.98 Å². The van der Waals surface area contributed by atoms with Crippen molar-refractivity contribution in [1.29, 1.82) is 0 Å². The number of nitrogens with zero attached hydrogens (tertiary/aromatic N) is 1. The molecular formula is C21H25N3. The van der Waals surface area contributed by atoms with Gasteiger partial charge >= 0.3 is 0 Å². The molecular weight excluding hydrogens is 294 g/mol. The Hall–Kier alpha value is -2.13. The molecule has 1 aliphatic carbocycles. The van der Waals surface area contributed by atoms with Gasteiger partial charge < -0.3 is 10.3 Å². The lowest BCUT2D eigenvalue weighted by atomic mass is 9.96. The fourth-order valence-corrected chi connectivity index (χ4v) is 3.77. The summed E-state index contributed by atoms with van der Waals surface area (Å²) in [6, 6.07) is 11.0. The molecule has 0 unspecified atom stereocenters. The molecule has 24 heavy (non-hydrogen) atoms. The van der Waals surface area contributed by atoms with Crippen molar-refractivity contribution >= 4 is 10.9 Å². The number of pyridine rings is 1. The highest BCUT2D eigenvalue weighted by Crippen LogP contribution is 2.28. The van der Waals surface area contributed by atoms with Crippen LogP contribution in [-0.4, -0.2) is 9.97 Å². The summed E-state index contributed by atoms with van der Waals surface area (Å²) in [6.45, 7) is 1.78. The lowest BCUT2D eigenvalue weighted by Gasteiger charge is -2.10. The molecule has 2 heterocycles. The molecule has 0 fully saturated rings. The molecule has 0 atom stereocenters. The van der Waals surface area contributed by atoms with Crippen molar-refractivity contribution in [1.82, 2.24) is 15.3 Å². The van der Waals surface area contributed by atoms with Gasteiger partial charge in [-0.15, -0.1) is 0 Å². The van der Waals surface area contributed by atoms with Gasteiger partial charge in [0.25, 0.3) is 0 Å². The Morgan fingerprint density at radius 3 is 2.54 bits per heavy atom. The van der Waals surface area contributed by atoms with Gasteiger partial charge in [-0.05, 0) is 66.6 Å². The first-order chi connectivity index (χ1) is 11.9. The van der Waals surface area contributed by atoms with E-state index < -0.39 is 0 Å². The standard InChI is InChI=1S/C21H25N3/c1-2-4-6-20-18(5-3-1)19-13-17(7-8-21(19)24-20)15-23-14-16-9-11-22-12-10-16/h7-13,23-24H,1-6,14-15H2. The molecule has 0 amide bonds. The second kappa shape index (κ2) is 7.18. The number of rotatable bonds is 4. The van der Waals surface area contributed by atoms with E-state index in [0.717, 1.165) is 13.1 Å². The first kappa shape index (κ1) is 15.4. The monoisotopic (exact) mass is 319 g/mol. The minimum absolute atomic E-state index is 0.881. The van der Waals surface area contributed by atoms with Gasteiger partial charge in [-0.1, -0.05) is 18.9 Å². The third-order valence-electron chi connectivity index (χ3n) is 5.07. The van der Waals surface area contributed by atoms with Crippen molar-refractivity contribution in [3.05, 3.63) is 65.1 Å². The number of nitrogens with one attached hydrogen (secondary N) is 2. The van der Waals surface area contributed by atoms with Crippen LogP contribution in [0.15, 0.2) is 42.7 Å². The van der Waals surface area contributed by atoms with E-state index in [1.54, 1.807) is 5.56 Å². The molecule has 0 saturated heterocycles. The SMILES string of the molecule is c1cc(CNCc2ccc3[nH]c4c(c3c2)CCCCCC4)ccn1.